The number of carbonyl (C=O) groups excluding carboxylic acids is 1. The zero-order chi connectivity index (χ0) is 16.0. The monoisotopic (exact) mass is 292 g/mol. The van der Waals surface area contributed by atoms with Crippen LogP contribution in [0.25, 0.3) is 0 Å². The second-order valence-electron chi connectivity index (χ2n) is 5.61. The van der Waals surface area contributed by atoms with Gasteiger partial charge in [0.25, 0.3) is 0 Å². The van der Waals surface area contributed by atoms with Gasteiger partial charge in [0.2, 0.25) is 5.91 Å². The summed E-state index contributed by atoms with van der Waals surface area (Å²) in [5.41, 5.74) is 3.24. The summed E-state index contributed by atoms with van der Waals surface area (Å²) in [7, 11) is 3.79. The van der Waals surface area contributed by atoms with Gasteiger partial charge < -0.3 is 14.9 Å². The Labute approximate surface area is 126 Å². The second-order valence-corrected chi connectivity index (χ2v) is 5.61. The van der Waals surface area contributed by atoms with Gasteiger partial charge in [-0.05, 0) is 44.6 Å². The maximum atomic E-state index is 12.3. The summed E-state index contributed by atoms with van der Waals surface area (Å²) in [6.07, 6.45) is 0.238. The number of nitrogens with zero attached hydrogens (tertiary/aromatic N) is 2. The Morgan fingerprint density at radius 2 is 1.76 bits per heavy atom. The molecule has 1 N–H and O–H groups in total. The van der Waals surface area contributed by atoms with Gasteiger partial charge in [0.1, 0.15) is 6.54 Å². The highest BCUT2D eigenvalue weighted by Crippen LogP contribution is 2.11. The van der Waals surface area contributed by atoms with E-state index in [-0.39, 0.29) is 18.9 Å². The van der Waals surface area contributed by atoms with Crippen molar-refractivity contribution in [2.75, 3.05) is 33.7 Å². The van der Waals surface area contributed by atoms with Crippen molar-refractivity contribution in [3.63, 3.8) is 0 Å². The number of amides is 1. The quantitative estimate of drug-likeness (QED) is 0.823. The highest BCUT2D eigenvalue weighted by molar-refractivity contribution is 5.83. The third kappa shape index (κ3) is 5.95. The Balaban J connectivity index is 2.74. The van der Waals surface area contributed by atoms with E-state index >= 15 is 0 Å². The van der Waals surface area contributed by atoms with Crippen LogP contribution in [0.3, 0.4) is 0 Å². The molecule has 0 aliphatic carbocycles. The fraction of sp³-hybridized carbons (Fsp3) is 0.500. The Morgan fingerprint density at radius 1 is 1.10 bits per heavy atom. The van der Waals surface area contributed by atoms with Crippen LogP contribution >= 0.6 is 0 Å². The van der Waals surface area contributed by atoms with E-state index in [1.807, 2.05) is 51.0 Å². The molecule has 1 aromatic rings. The number of benzene rings is 1. The molecule has 0 bridgehead atoms. The predicted molar refractivity (Wildman–Crippen MR) is 82.4 cm³/mol. The van der Waals surface area contributed by atoms with Crippen molar-refractivity contribution in [1.82, 2.24) is 9.80 Å². The van der Waals surface area contributed by atoms with Crippen molar-refractivity contribution < 1.29 is 14.7 Å². The summed E-state index contributed by atoms with van der Waals surface area (Å²) in [5.74, 6) is -1.13. The topological polar surface area (TPSA) is 60.9 Å². The van der Waals surface area contributed by atoms with Gasteiger partial charge in [-0.2, -0.15) is 0 Å². The molecule has 0 heterocycles. The Bertz CT molecular complexity index is 512. The molecule has 0 saturated heterocycles. The van der Waals surface area contributed by atoms with E-state index in [0.717, 1.165) is 11.1 Å². The SMILES string of the molecule is Cc1ccc(CC(=O)N(CCN(C)C)CC(=O)O)cc1C. The number of carboxylic acid groups (broad SMARTS) is 1. The van der Waals surface area contributed by atoms with Gasteiger partial charge in [0.05, 0.1) is 6.42 Å². The standard InChI is InChI=1S/C16H24N2O3/c1-12-5-6-14(9-13(12)2)10-15(19)18(11-16(20)21)8-7-17(3)4/h5-6,9H,7-8,10-11H2,1-4H3,(H,20,21). The average molecular weight is 292 g/mol. The Hall–Kier alpha value is -1.88. The maximum Gasteiger partial charge on any atom is 0.323 e. The van der Waals surface area contributed by atoms with Crippen LogP contribution < -0.4 is 0 Å². The summed E-state index contributed by atoms with van der Waals surface area (Å²) in [4.78, 5) is 26.5. The number of aryl methyl sites for hydroxylation is 2. The molecule has 0 atom stereocenters. The molecule has 1 aromatic carbocycles. The molecular weight excluding hydrogens is 268 g/mol. The summed E-state index contributed by atoms with van der Waals surface area (Å²) >= 11 is 0. The van der Waals surface area contributed by atoms with Crippen molar-refractivity contribution in [2.45, 2.75) is 20.3 Å². The van der Waals surface area contributed by atoms with Crippen LogP contribution in [0.1, 0.15) is 16.7 Å². The van der Waals surface area contributed by atoms with Gasteiger partial charge in [-0.1, -0.05) is 18.2 Å². The van der Waals surface area contributed by atoms with Crippen molar-refractivity contribution in [3.8, 4) is 0 Å². The molecule has 21 heavy (non-hydrogen) atoms. The number of carboxylic acids is 1. The average Bonchev–Trinajstić information content (AvgIpc) is 2.38. The van der Waals surface area contributed by atoms with Crippen molar-refractivity contribution >= 4 is 11.9 Å². The van der Waals surface area contributed by atoms with Gasteiger partial charge >= 0.3 is 5.97 Å². The van der Waals surface area contributed by atoms with Crippen LogP contribution in [0.4, 0.5) is 0 Å². The fourth-order valence-corrected chi connectivity index (χ4v) is 1.98. The molecule has 5 nitrogen and oxygen atoms in total. The number of aliphatic carboxylic acids is 1. The van der Waals surface area contributed by atoms with Crippen LogP contribution in [0.15, 0.2) is 18.2 Å². The molecule has 1 amide bonds. The first-order valence-electron chi connectivity index (χ1n) is 7.00. The van der Waals surface area contributed by atoms with E-state index < -0.39 is 5.97 Å². The minimum absolute atomic E-state index is 0.150. The van der Waals surface area contributed by atoms with Gasteiger partial charge in [0.15, 0.2) is 0 Å². The number of likely N-dealkylation sites (N-methyl/N-ethyl adjacent to an activating group) is 1. The van der Waals surface area contributed by atoms with Crippen LogP contribution in [0.2, 0.25) is 0 Å². The molecule has 116 valence electrons. The van der Waals surface area contributed by atoms with Crippen LogP contribution in [0.5, 0.6) is 0 Å². The fourth-order valence-electron chi connectivity index (χ4n) is 1.98. The lowest BCUT2D eigenvalue weighted by atomic mass is 10.0. The van der Waals surface area contributed by atoms with E-state index in [2.05, 4.69) is 0 Å². The summed E-state index contributed by atoms with van der Waals surface area (Å²) in [6, 6.07) is 5.89. The summed E-state index contributed by atoms with van der Waals surface area (Å²) < 4.78 is 0. The van der Waals surface area contributed by atoms with E-state index in [1.54, 1.807) is 0 Å². The van der Waals surface area contributed by atoms with Crippen molar-refractivity contribution in [2.24, 2.45) is 0 Å². The lowest BCUT2D eigenvalue weighted by Crippen LogP contribution is -2.40. The third-order valence-electron chi connectivity index (χ3n) is 3.42. The lowest BCUT2D eigenvalue weighted by molar-refractivity contribution is -0.144. The van der Waals surface area contributed by atoms with E-state index in [9.17, 15) is 9.59 Å². The molecular formula is C16H24N2O3. The van der Waals surface area contributed by atoms with Crippen molar-refractivity contribution in [1.29, 1.82) is 0 Å². The maximum absolute atomic E-state index is 12.3. The van der Waals surface area contributed by atoms with Crippen LogP contribution in [-0.2, 0) is 16.0 Å². The van der Waals surface area contributed by atoms with Gasteiger partial charge in [-0.3, -0.25) is 9.59 Å². The molecule has 0 saturated carbocycles. The molecule has 0 fully saturated rings. The van der Waals surface area contributed by atoms with Crippen LogP contribution in [0, 0.1) is 13.8 Å². The number of hydrogen-bond donors (Lipinski definition) is 1. The summed E-state index contributed by atoms with van der Waals surface area (Å²) in [6.45, 7) is 4.84. The van der Waals surface area contributed by atoms with Gasteiger partial charge in [0, 0.05) is 13.1 Å². The third-order valence-corrected chi connectivity index (χ3v) is 3.42. The lowest BCUT2D eigenvalue weighted by Gasteiger charge is -2.23. The molecule has 0 unspecified atom stereocenters. The first kappa shape index (κ1) is 17.2. The predicted octanol–water partition coefficient (Wildman–Crippen LogP) is 1.32. The zero-order valence-electron chi connectivity index (χ0n) is 13.2. The molecule has 0 spiro atoms. The van der Waals surface area contributed by atoms with Gasteiger partial charge in [-0.15, -0.1) is 0 Å². The minimum atomic E-state index is -0.984. The van der Waals surface area contributed by atoms with Crippen LogP contribution in [-0.4, -0.2) is 60.5 Å². The Morgan fingerprint density at radius 3 is 2.29 bits per heavy atom. The summed E-state index contributed by atoms with van der Waals surface area (Å²) in [5, 5.41) is 8.94. The normalized spacial score (nSPS) is 10.7. The van der Waals surface area contributed by atoms with E-state index in [1.165, 1.54) is 10.5 Å². The second kappa shape index (κ2) is 7.78. The van der Waals surface area contributed by atoms with Crippen molar-refractivity contribution in [3.05, 3.63) is 34.9 Å². The highest BCUT2D eigenvalue weighted by atomic mass is 16.4. The van der Waals surface area contributed by atoms with E-state index in [0.29, 0.717) is 13.1 Å². The van der Waals surface area contributed by atoms with E-state index in [4.69, 9.17) is 5.11 Å². The first-order chi connectivity index (χ1) is 9.79. The Kier molecular flexibility index (Phi) is 6.37. The smallest absolute Gasteiger partial charge is 0.323 e. The molecule has 5 heteroatoms. The first-order valence-corrected chi connectivity index (χ1v) is 7.00. The van der Waals surface area contributed by atoms with Gasteiger partial charge in [-0.25, -0.2) is 0 Å². The highest BCUT2D eigenvalue weighted by Gasteiger charge is 2.17. The molecule has 0 aromatic heterocycles. The zero-order valence-corrected chi connectivity index (χ0v) is 13.2. The molecule has 0 aliphatic rings. The number of carbonyl (C=O) groups is 2. The molecule has 1 rings (SSSR count). The molecule has 0 radical (unpaired) electrons. The largest absolute Gasteiger partial charge is 0.480 e. The number of hydrogen-bond acceptors (Lipinski definition) is 3. The molecule has 0 aliphatic heterocycles. The number of rotatable bonds is 7. The minimum Gasteiger partial charge on any atom is -0.480 e.